The molecule has 2 aromatic carbocycles. The maximum atomic E-state index is 11.3. The monoisotopic (exact) mass is 474 g/mol. The zero-order chi connectivity index (χ0) is 25.6. The van der Waals surface area contributed by atoms with Crippen molar-refractivity contribution in [2.75, 3.05) is 0 Å². The Morgan fingerprint density at radius 3 is 2.00 bits per heavy atom. The molecule has 0 fully saturated rings. The normalized spacial score (nSPS) is 16.7. The number of hydrogen-bond acceptors (Lipinski definition) is 1. The van der Waals surface area contributed by atoms with Gasteiger partial charge >= 0.3 is 5.97 Å². The van der Waals surface area contributed by atoms with Crippen LogP contribution in [0.4, 0.5) is 0 Å². The maximum absolute atomic E-state index is 11.3. The summed E-state index contributed by atoms with van der Waals surface area (Å²) in [7, 11) is 0. The third-order valence-corrected chi connectivity index (χ3v) is 8.10. The minimum absolute atomic E-state index is 0.181. The lowest BCUT2D eigenvalue weighted by molar-refractivity contribution is 0.0697. The second-order valence-electron chi connectivity index (χ2n) is 11.8. The summed E-state index contributed by atoms with van der Waals surface area (Å²) in [5.74, 6) is -0.878. The first-order valence-corrected chi connectivity index (χ1v) is 13.8. The molecule has 190 valence electrons. The number of rotatable bonds is 11. The molecule has 0 aromatic heterocycles. The number of benzene rings is 2. The number of aromatic carboxylic acids is 1. The van der Waals surface area contributed by atoms with Crippen molar-refractivity contribution in [3.8, 4) is 0 Å². The minimum Gasteiger partial charge on any atom is -0.478 e. The zero-order valence-corrected chi connectivity index (χ0v) is 23.0. The summed E-state index contributed by atoms with van der Waals surface area (Å²) in [6.45, 7) is 14.1. The van der Waals surface area contributed by atoms with Crippen molar-refractivity contribution in [3.05, 3.63) is 69.8 Å². The molecule has 2 heteroatoms. The van der Waals surface area contributed by atoms with Gasteiger partial charge in [0.2, 0.25) is 0 Å². The lowest BCUT2D eigenvalue weighted by Crippen LogP contribution is -2.34. The smallest absolute Gasteiger partial charge is 0.335 e. The van der Waals surface area contributed by atoms with Crippen LogP contribution >= 0.6 is 0 Å². The van der Waals surface area contributed by atoms with Gasteiger partial charge in [-0.3, -0.25) is 0 Å². The third kappa shape index (κ3) is 6.66. The van der Waals surface area contributed by atoms with E-state index >= 15 is 0 Å². The van der Waals surface area contributed by atoms with Crippen molar-refractivity contribution in [2.24, 2.45) is 0 Å². The summed E-state index contributed by atoms with van der Waals surface area (Å²) < 4.78 is 0. The van der Waals surface area contributed by atoms with Crippen LogP contribution in [0.15, 0.2) is 36.4 Å². The summed E-state index contributed by atoms with van der Waals surface area (Å²) in [6.07, 6.45) is 14.6. The van der Waals surface area contributed by atoms with Crippen molar-refractivity contribution in [1.29, 1.82) is 0 Å². The number of hydrogen-bond donors (Lipinski definition) is 1. The molecule has 1 N–H and O–H groups in total. The van der Waals surface area contributed by atoms with E-state index in [0.717, 1.165) is 18.4 Å². The standard InChI is InChI=1S/C33H46O2/c1-7-9-10-11-12-13-14-27-22-29-30(33(5,6)20-19-32(29,3)4)23-28(27)25(8-2)21-24-15-17-26(18-16-24)31(34)35/h15-18,21-23H,7-14,19-20H2,1-6H3,(H,34,35). The van der Waals surface area contributed by atoms with Crippen LogP contribution in [0.1, 0.15) is 138 Å². The number of unbranched alkanes of at least 4 members (excludes halogenated alkanes) is 5. The highest BCUT2D eigenvalue weighted by Gasteiger charge is 2.37. The quantitative estimate of drug-likeness (QED) is 0.260. The fraction of sp³-hybridized carbons (Fsp3) is 0.545. The summed E-state index contributed by atoms with van der Waals surface area (Å²) in [6, 6.07) is 12.3. The molecule has 0 aliphatic heterocycles. The fourth-order valence-electron chi connectivity index (χ4n) is 5.55. The fourth-order valence-corrected chi connectivity index (χ4v) is 5.55. The summed E-state index contributed by atoms with van der Waals surface area (Å²) >= 11 is 0. The van der Waals surface area contributed by atoms with E-state index in [1.807, 2.05) is 12.1 Å². The van der Waals surface area contributed by atoms with Gasteiger partial charge in [-0.1, -0.05) is 104 Å². The molecule has 2 nitrogen and oxygen atoms in total. The highest BCUT2D eigenvalue weighted by Crippen LogP contribution is 2.47. The van der Waals surface area contributed by atoms with E-state index in [2.05, 4.69) is 59.8 Å². The number of carboxylic acid groups (broad SMARTS) is 1. The Balaban J connectivity index is 2.03. The molecule has 0 radical (unpaired) electrons. The van der Waals surface area contributed by atoms with Crippen molar-refractivity contribution >= 4 is 17.6 Å². The van der Waals surface area contributed by atoms with Crippen molar-refractivity contribution in [3.63, 3.8) is 0 Å². The molecule has 0 saturated heterocycles. The highest BCUT2D eigenvalue weighted by atomic mass is 16.4. The number of carboxylic acids is 1. The average Bonchev–Trinajstić information content (AvgIpc) is 2.83. The molecule has 1 aliphatic rings. The molecule has 0 bridgehead atoms. The Hall–Kier alpha value is -2.35. The Morgan fingerprint density at radius 2 is 1.43 bits per heavy atom. The second kappa shape index (κ2) is 11.6. The number of aryl methyl sites for hydroxylation is 1. The van der Waals surface area contributed by atoms with Crippen LogP contribution in [0.2, 0.25) is 0 Å². The molecular weight excluding hydrogens is 428 g/mol. The Morgan fingerprint density at radius 1 is 0.857 bits per heavy atom. The predicted octanol–water partition coefficient (Wildman–Crippen LogP) is 9.59. The van der Waals surface area contributed by atoms with Crippen LogP contribution in [0.5, 0.6) is 0 Å². The molecule has 35 heavy (non-hydrogen) atoms. The van der Waals surface area contributed by atoms with Crippen LogP contribution in [0, 0.1) is 0 Å². The second-order valence-corrected chi connectivity index (χ2v) is 11.8. The van der Waals surface area contributed by atoms with E-state index in [1.165, 1.54) is 73.6 Å². The third-order valence-electron chi connectivity index (χ3n) is 8.10. The van der Waals surface area contributed by atoms with Crippen LogP contribution in [-0.4, -0.2) is 11.1 Å². The molecule has 0 spiro atoms. The number of fused-ring (bicyclic) bond motifs is 1. The average molecular weight is 475 g/mol. The number of allylic oxidation sites excluding steroid dienone is 1. The van der Waals surface area contributed by atoms with E-state index in [4.69, 9.17) is 0 Å². The molecule has 0 amide bonds. The van der Waals surface area contributed by atoms with E-state index in [-0.39, 0.29) is 10.8 Å². The van der Waals surface area contributed by atoms with E-state index in [9.17, 15) is 9.90 Å². The van der Waals surface area contributed by atoms with Gasteiger partial charge in [-0.05, 0) is 88.5 Å². The molecule has 0 heterocycles. The van der Waals surface area contributed by atoms with Gasteiger partial charge in [0.1, 0.15) is 0 Å². The zero-order valence-electron chi connectivity index (χ0n) is 23.0. The Bertz CT molecular complexity index is 1040. The van der Waals surface area contributed by atoms with Crippen molar-refractivity contribution in [2.45, 2.75) is 117 Å². The summed E-state index contributed by atoms with van der Waals surface area (Å²) in [5.41, 5.74) is 9.07. The largest absolute Gasteiger partial charge is 0.478 e. The SMILES string of the molecule is CCCCCCCCc1cc2c(cc1C(=Cc1ccc(C(=O)O)cc1)CC)C(C)(C)CCC2(C)C. The van der Waals surface area contributed by atoms with E-state index in [1.54, 1.807) is 17.7 Å². The minimum atomic E-state index is -0.878. The van der Waals surface area contributed by atoms with Gasteiger partial charge in [-0.2, -0.15) is 0 Å². The van der Waals surface area contributed by atoms with Crippen LogP contribution in [0.3, 0.4) is 0 Å². The highest BCUT2D eigenvalue weighted by molar-refractivity contribution is 5.89. The lowest BCUT2D eigenvalue weighted by Gasteiger charge is -2.42. The summed E-state index contributed by atoms with van der Waals surface area (Å²) in [5, 5.41) is 9.26. The van der Waals surface area contributed by atoms with Crippen LogP contribution in [-0.2, 0) is 17.3 Å². The first-order chi connectivity index (χ1) is 16.6. The molecule has 0 atom stereocenters. The lowest BCUT2D eigenvalue weighted by atomic mass is 9.62. The van der Waals surface area contributed by atoms with Crippen molar-refractivity contribution < 1.29 is 9.90 Å². The topological polar surface area (TPSA) is 37.3 Å². The Kier molecular flexibility index (Phi) is 9.02. The molecule has 2 aromatic rings. The van der Waals surface area contributed by atoms with Gasteiger partial charge in [-0.25, -0.2) is 4.79 Å². The summed E-state index contributed by atoms with van der Waals surface area (Å²) in [4.78, 5) is 11.3. The first-order valence-electron chi connectivity index (χ1n) is 13.8. The van der Waals surface area contributed by atoms with E-state index < -0.39 is 5.97 Å². The predicted molar refractivity (Wildman–Crippen MR) is 150 cm³/mol. The van der Waals surface area contributed by atoms with E-state index in [0.29, 0.717) is 5.56 Å². The van der Waals surface area contributed by atoms with Crippen LogP contribution in [0.25, 0.3) is 11.6 Å². The molecule has 3 rings (SSSR count). The van der Waals surface area contributed by atoms with Gasteiger partial charge in [0, 0.05) is 0 Å². The molecule has 1 aliphatic carbocycles. The van der Waals surface area contributed by atoms with Crippen molar-refractivity contribution in [1.82, 2.24) is 0 Å². The van der Waals surface area contributed by atoms with Gasteiger partial charge in [0.25, 0.3) is 0 Å². The van der Waals surface area contributed by atoms with Gasteiger partial charge < -0.3 is 5.11 Å². The Labute approximate surface area is 213 Å². The maximum Gasteiger partial charge on any atom is 0.335 e. The van der Waals surface area contributed by atoms with Gasteiger partial charge in [0.05, 0.1) is 5.56 Å². The first kappa shape index (κ1) is 27.2. The van der Waals surface area contributed by atoms with Crippen LogP contribution < -0.4 is 0 Å². The molecular formula is C33H46O2. The molecule has 0 unspecified atom stereocenters. The number of carbonyl (C=O) groups is 1. The molecule has 0 saturated carbocycles. The van der Waals surface area contributed by atoms with Gasteiger partial charge in [-0.15, -0.1) is 0 Å². The van der Waals surface area contributed by atoms with Gasteiger partial charge in [0.15, 0.2) is 0 Å².